The monoisotopic (exact) mass is 871 g/mol. The highest BCUT2D eigenvalue weighted by Gasteiger charge is 2.36. The number of aliphatic hydroxyl groups is 1. The predicted molar refractivity (Wildman–Crippen MR) is 225 cm³/mol. The normalized spacial score (nSPS) is 17.7. The van der Waals surface area contributed by atoms with Gasteiger partial charge in [-0.2, -0.15) is 0 Å². The average molecular weight is 871 g/mol. The molecule has 342 valence electrons. The summed E-state index contributed by atoms with van der Waals surface area (Å²) < 4.78 is 53.5. The molecule has 1 fully saturated rings. The molecule has 0 aromatic heterocycles. The zero-order valence-corrected chi connectivity index (χ0v) is 37.8. The van der Waals surface area contributed by atoms with E-state index in [1.54, 1.807) is 0 Å². The third kappa shape index (κ3) is 35.6. The van der Waals surface area contributed by atoms with Crippen LogP contribution in [0.3, 0.4) is 0 Å². The molecule has 0 aromatic rings. The highest BCUT2D eigenvalue weighted by molar-refractivity contribution is 7.47. The number of unbranched alkanes of at least 4 members (excludes halogenated alkanes) is 18. The number of aliphatic hydroxyl groups excluding tert-OH is 1. The molecular weight excluding hydrogens is 790 g/mol. The summed E-state index contributed by atoms with van der Waals surface area (Å²) in [7, 11) is -9.67. The SMILES string of the molecule is CCCCCC1OC1C/C=C\CCCCCCCC(=O)O[C@H](COC(=O)CCCCCCCCCCCCCCC(C)C)COP(=O)(O)OC[C@@H](O)COP(=O)(O)O. The number of esters is 2. The van der Waals surface area contributed by atoms with E-state index in [2.05, 4.69) is 42.0 Å². The van der Waals surface area contributed by atoms with Crippen LogP contribution in [0.25, 0.3) is 0 Å². The first kappa shape index (κ1) is 54.8. The number of hydrogen-bond donors (Lipinski definition) is 4. The zero-order chi connectivity index (χ0) is 42.9. The first-order chi connectivity index (χ1) is 27.7. The smallest absolute Gasteiger partial charge is 0.462 e. The van der Waals surface area contributed by atoms with E-state index in [9.17, 15) is 28.7 Å². The molecule has 5 atom stereocenters. The van der Waals surface area contributed by atoms with Crippen LogP contribution in [-0.2, 0) is 46.5 Å². The maximum absolute atomic E-state index is 12.7. The van der Waals surface area contributed by atoms with Gasteiger partial charge in [0.2, 0.25) is 0 Å². The van der Waals surface area contributed by atoms with Gasteiger partial charge < -0.3 is 34.0 Å². The van der Waals surface area contributed by atoms with E-state index in [0.717, 1.165) is 70.1 Å². The molecule has 1 saturated heterocycles. The number of carbonyl (C=O) groups is 2. The molecule has 16 heteroatoms. The Labute approximate surface area is 349 Å². The Balaban J connectivity index is 2.34. The van der Waals surface area contributed by atoms with Crippen molar-refractivity contribution in [1.29, 1.82) is 0 Å². The lowest BCUT2D eigenvalue weighted by Crippen LogP contribution is -2.30. The number of rotatable bonds is 41. The number of epoxide rings is 1. The molecule has 0 amide bonds. The number of phosphoric ester groups is 2. The molecule has 0 bridgehead atoms. The van der Waals surface area contributed by atoms with E-state index in [-0.39, 0.29) is 19.4 Å². The van der Waals surface area contributed by atoms with Gasteiger partial charge in [0.05, 0.1) is 32.0 Å². The van der Waals surface area contributed by atoms with Crippen molar-refractivity contribution in [2.24, 2.45) is 5.92 Å². The molecule has 1 aliphatic heterocycles. The van der Waals surface area contributed by atoms with Crippen molar-refractivity contribution in [2.45, 2.75) is 212 Å². The van der Waals surface area contributed by atoms with Crippen molar-refractivity contribution in [3.63, 3.8) is 0 Å². The Hall–Kier alpha value is -1.18. The quantitative estimate of drug-likeness (QED) is 0.0148. The number of phosphoric acid groups is 2. The molecule has 14 nitrogen and oxygen atoms in total. The van der Waals surface area contributed by atoms with E-state index in [0.29, 0.717) is 25.0 Å². The van der Waals surface area contributed by atoms with Crippen LogP contribution in [-0.4, -0.2) is 82.6 Å². The van der Waals surface area contributed by atoms with Crippen LogP contribution >= 0.6 is 15.6 Å². The lowest BCUT2D eigenvalue weighted by Gasteiger charge is -2.20. The van der Waals surface area contributed by atoms with Gasteiger partial charge in [-0.05, 0) is 44.4 Å². The second kappa shape index (κ2) is 34.4. The summed E-state index contributed by atoms with van der Waals surface area (Å²) in [6, 6.07) is 0. The molecular formula is C42H80O14P2. The van der Waals surface area contributed by atoms with E-state index >= 15 is 0 Å². The topological polar surface area (TPSA) is 208 Å². The lowest BCUT2D eigenvalue weighted by molar-refractivity contribution is -0.161. The van der Waals surface area contributed by atoms with Gasteiger partial charge in [0.25, 0.3) is 0 Å². The minimum Gasteiger partial charge on any atom is -0.462 e. The van der Waals surface area contributed by atoms with Crippen molar-refractivity contribution in [3.8, 4) is 0 Å². The standard InChI is InChI=1S/C42H80O14P2/c1-4-5-22-28-39-40(56-39)29-24-19-15-12-13-17-21-26-31-42(45)55-38(35-54-58(49,50)53-33-37(43)32-52-57(46,47)48)34-51-41(44)30-25-20-16-11-9-7-6-8-10-14-18-23-27-36(2)3/h19,24,36-40,43H,4-18,20-23,25-35H2,1-3H3,(H,49,50)(H2,46,47,48)/b24-19-/t37-,38+,39?,40?/m0/s1. The van der Waals surface area contributed by atoms with Crippen molar-refractivity contribution < 1.29 is 66.3 Å². The zero-order valence-electron chi connectivity index (χ0n) is 36.0. The summed E-state index contributed by atoms with van der Waals surface area (Å²) in [5.41, 5.74) is 0. The highest BCUT2D eigenvalue weighted by Crippen LogP contribution is 2.44. The van der Waals surface area contributed by atoms with Crippen LogP contribution in [0.4, 0.5) is 0 Å². The van der Waals surface area contributed by atoms with Crippen LogP contribution in [0.15, 0.2) is 12.2 Å². The van der Waals surface area contributed by atoms with Gasteiger partial charge in [-0.1, -0.05) is 148 Å². The third-order valence-corrected chi connectivity index (χ3v) is 11.4. The molecule has 0 aromatic carbocycles. The van der Waals surface area contributed by atoms with Crippen LogP contribution in [0.2, 0.25) is 0 Å². The summed E-state index contributed by atoms with van der Waals surface area (Å²) in [5, 5.41) is 9.75. The van der Waals surface area contributed by atoms with E-state index in [1.807, 2.05) is 0 Å². The largest absolute Gasteiger partial charge is 0.472 e. The molecule has 58 heavy (non-hydrogen) atoms. The number of ether oxygens (including phenoxy) is 3. The molecule has 0 saturated carbocycles. The average Bonchev–Trinajstić information content (AvgIpc) is 3.92. The second-order valence-corrected chi connectivity index (χ2v) is 18.9. The number of carbonyl (C=O) groups excluding carboxylic acids is 2. The van der Waals surface area contributed by atoms with E-state index in [4.69, 9.17) is 28.5 Å². The first-order valence-electron chi connectivity index (χ1n) is 22.4. The van der Waals surface area contributed by atoms with Gasteiger partial charge in [-0.3, -0.25) is 23.2 Å². The molecule has 0 radical (unpaired) electrons. The lowest BCUT2D eigenvalue weighted by atomic mass is 10.0. The van der Waals surface area contributed by atoms with Gasteiger partial charge >= 0.3 is 27.6 Å². The fourth-order valence-electron chi connectivity index (χ4n) is 6.48. The minimum absolute atomic E-state index is 0.114. The van der Waals surface area contributed by atoms with E-state index < -0.39 is 59.6 Å². The van der Waals surface area contributed by atoms with Gasteiger partial charge in [0.1, 0.15) is 12.7 Å². The summed E-state index contributed by atoms with van der Waals surface area (Å²) in [6.45, 7) is 4.04. The first-order valence-corrected chi connectivity index (χ1v) is 25.4. The Morgan fingerprint density at radius 2 is 1.17 bits per heavy atom. The van der Waals surface area contributed by atoms with Gasteiger partial charge in [0, 0.05) is 12.8 Å². The Morgan fingerprint density at radius 1 is 0.638 bits per heavy atom. The molecule has 0 spiro atoms. The molecule has 0 aliphatic carbocycles. The van der Waals surface area contributed by atoms with Crippen molar-refractivity contribution >= 4 is 27.6 Å². The van der Waals surface area contributed by atoms with Crippen LogP contribution in [0, 0.1) is 5.92 Å². The summed E-state index contributed by atoms with van der Waals surface area (Å²) in [6.07, 6.45) is 29.5. The van der Waals surface area contributed by atoms with Gasteiger partial charge in [-0.25, -0.2) is 9.13 Å². The molecule has 3 unspecified atom stereocenters. The Morgan fingerprint density at radius 3 is 1.76 bits per heavy atom. The predicted octanol–water partition coefficient (Wildman–Crippen LogP) is 10.2. The maximum Gasteiger partial charge on any atom is 0.472 e. The van der Waals surface area contributed by atoms with Crippen LogP contribution < -0.4 is 0 Å². The van der Waals surface area contributed by atoms with Crippen LogP contribution in [0.1, 0.15) is 188 Å². The summed E-state index contributed by atoms with van der Waals surface area (Å²) in [5.74, 6) is -0.250. The second-order valence-electron chi connectivity index (χ2n) is 16.2. The van der Waals surface area contributed by atoms with E-state index in [1.165, 1.54) is 77.0 Å². The fraction of sp³-hybridized carbons (Fsp3) is 0.905. The summed E-state index contributed by atoms with van der Waals surface area (Å²) >= 11 is 0. The molecule has 1 heterocycles. The third-order valence-electron chi connectivity index (χ3n) is 10.00. The summed E-state index contributed by atoms with van der Waals surface area (Å²) in [4.78, 5) is 52.7. The number of hydrogen-bond acceptors (Lipinski definition) is 11. The Bertz CT molecular complexity index is 1160. The molecule has 4 N–H and O–H groups in total. The molecule has 1 aliphatic rings. The van der Waals surface area contributed by atoms with Crippen molar-refractivity contribution in [3.05, 3.63) is 12.2 Å². The fourth-order valence-corrected chi connectivity index (χ4v) is 7.64. The molecule has 1 rings (SSSR count). The van der Waals surface area contributed by atoms with Crippen LogP contribution in [0.5, 0.6) is 0 Å². The minimum atomic E-state index is -4.86. The van der Waals surface area contributed by atoms with Gasteiger partial charge in [-0.15, -0.1) is 0 Å². The maximum atomic E-state index is 12.7. The number of allylic oxidation sites excluding steroid dienone is 1. The highest BCUT2D eigenvalue weighted by atomic mass is 31.2. The van der Waals surface area contributed by atoms with Crippen molar-refractivity contribution in [1.82, 2.24) is 0 Å². The Kier molecular flexibility index (Phi) is 32.5. The van der Waals surface area contributed by atoms with Gasteiger partial charge in [0.15, 0.2) is 6.10 Å². The van der Waals surface area contributed by atoms with Crippen molar-refractivity contribution in [2.75, 3.05) is 26.4 Å².